The molecule has 0 saturated carbocycles. The zero-order valence-electron chi connectivity index (χ0n) is 12.2. The van der Waals surface area contributed by atoms with Crippen LogP contribution in [0.2, 0.25) is 0 Å². The summed E-state index contributed by atoms with van der Waals surface area (Å²) in [6, 6.07) is 5.57. The van der Waals surface area contributed by atoms with Crippen LogP contribution >= 0.6 is 0 Å². The highest BCUT2D eigenvalue weighted by molar-refractivity contribution is 5.39. The molecule has 0 saturated heterocycles. The highest BCUT2D eigenvalue weighted by atomic mass is 19.4. The average molecular weight is 297 g/mol. The van der Waals surface area contributed by atoms with Crippen LogP contribution in [-0.4, -0.2) is 6.54 Å². The smallest absolute Gasteiger partial charge is 0.416 e. The highest BCUT2D eigenvalue weighted by Crippen LogP contribution is 2.33. The minimum absolute atomic E-state index is 0.172. The van der Waals surface area contributed by atoms with Crippen molar-refractivity contribution in [2.75, 3.05) is 6.54 Å². The lowest BCUT2D eigenvalue weighted by Crippen LogP contribution is -2.22. The lowest BCUT2D eigenvalue weighted by molar-refractivity contribution is -0.137. The van der Waals surface area contributed by atoms with E-state index in [-0.39, 0.29) is 6.04 Å². The average Bonchev–Trinajstić information content (AvgIpc) is 2.82. The molecule has 1 aromatic carbocycles. The molecule has 114 valence electrons. The molecule has 0 radical (unpaired) electrons. The molecule has 21 heavy (non-hydrogen) atoms. The summed E-state index contributed by atoms with van der Waals surface area (Å²) in [7, 11) is 0. The van der Waals surface area contributed by atoms with Gasteiger partial charge in [0.1, 0.15) is 5.76 Å². The van der Waals surface area contributed by atoms with E-state index >= 15 is 0 Å². The molecule has 1 N–H and O–H groups in total. The van der Waals surface area contributed by atoms with Gasteiger partial charge in [-0.2, -0.15) is 13.2 Å². The second-order valence-electron chi connectivity index (χ2n) is 5.05. The Bertz CT molecular complexity index is 616. The van der Waals surface area contributed by atoms with E-state index in [2.05, 4.69) is 5.32 Å². The van der Waals surface area contributed by atoms with Gasteiger partial charge in [0, 0.05) is 5.56 Å². The van der Waals surface area contributed by atoms with Gasteiger partial charge in [-0.25, -0.2) is 0 Å². The predicted molar refractivity (Wildman–Crippen MR) is 75.1 cm³/mol. The number of aryl methyl sites for hydroxylation is 2. The van der Waals surface area contributed by atoms with Crippen molar-refractivity contribution in [2.45, 2.75) is 33.0 Å². The van der Waals surface area contributed by atoms with Gasteiger partial charge in [0.2, 0.25) is 0 Å². The van der Waals surface area contributed by atoms with Gasteiger partial charge < -0.3 is 9.73 Å². The standard InChI is InChI=1S/C16H18F3NO/c1-4-20-15(12-8-11(3)21-9-12)14-6-5-13(7-10(14)2)16(17,18)19/h5-9,15,20H,4H2,1-3H3. The third kappa shape index (κ3) is 3.47. The largest absolute Gasteiger partial charge is 0.469 e. The summed E-state index contributed by atoms with van der Waals surface area (Å²) in [6.07, 6.45) is -2.68. The first-order valence-corrected chi connectivity index (χ1v) is 6.79. The van der Waals surface area contributed by atoms with Crippen LogP contribution in [0.4, 0.5) is 13.2 Å². The van der Waals surface area contributed by atoms with Gasteiger partial charge in [0.15, 0.2) is 0 Å². The number of hydrogen-bond donors (Lipinski definition) is 1. The lowest BCUT2D eigenvalue weighted by Gasteiger charge is -2.20. The maximum Gasteiger partial charge on any atom is 0.416 e. The summed E-state index contributed by atoms with van der Waals surface area (Å²) in [5.41, 5.74) is 1.72. The number of nitrogens with one attached hydrogen (secondary N) is 1. The molecule has 1 heterocycles. The van der Waals surface area contributed by atoms with Crippen LogP contribution in [-0.2, 0) is 6.18 Å². The molecule has 1 atom stereocenters. The van der Waals surface area contributed by atoms with Crippen molar-refractivity contribution in [1.29, 1.82) is 0 Å². The predicted octanol–water partition coefficient (Wildman–Crippen LogP) is 4.61. The van der Waals surface area contributed by atoms with E-state index in [1.165, 1.54) is 12.1 Å². The molecule has 0 fully saturated rings. The Balaban J connectivity index is 2.42. The van der Waals surface area contributed by atoms with E-state index in [0.29, 0.717) is 12.1 Å². The highest BCUT2D eigenvalue weighted by Gasteiger charge is 2.31. The van der Waals surface area contributed by atoms with Crippen molar-refractivity contribution in [1.82, 2.24) is 5.32 Å². The number of alkyl halides is 3. The number of halogens is 3. The van der Waals surface area contributed by atoms with Gasteiger partial charge in [0.05, 0.1) is 17.9 Å². The third-order valence-electron chi connectivity index (χ3n) is 3.40. The van der Waals surface area contributed by atoms with E-state index in [4.69, 9.17) is 4.42 Å². The maximum atomic E-state index is 12.7. The van der Waals surface area contributed by atoms with Crippen LogP contribution in [0.1, 0.15) is 41.0 Å². The van der Waals surface area contributed by atoms with Crippen molar-refractivity contribution in [3.8, 4) is 0 Å². The van der Waals surface area contributed by atoms with Gasteiger partial charge in [-0.05, 0) is 49.7 Å². The van der Waals surface area contributed by atoms with Gasteiger partial charge in [-0.3, -0.25) is 0 Å². The van der Waals surface area contributed by atoms with Crippen LogP contribution in [0.25, 0.3) is 0 Å². The van der Waals surface area contributed by atoms with Crippen molar-refractivity contribution >= 4 is 0 Å². The molecule has 1 unspecified atom stereocenters. The van der Waals surface area contributed by atoms with E-state index in [1.54, 1.807) is 13.2 Å². The molecule has 2 aromatic rings. The summed E-state index contributed by atoms with van der Waals surface area (Å²) in [4.78, 5) is 0. The summed E-state index contributed by atoms with van der Waals surface area (Å²) < 4.78 is 43.5. The van der Waals surface area contributed by atoms with Gasteiger partial charge >= 0.3 is 6.18 Å². The lowest BCUT2D eigenvalue weighted by atomic mass is 9.95. The molecule has 0 spiro atoms. The number of furan rings is 1. The molecule has 0 aliphatic carbocycles. The Morgan fingerprint density at radius 2 is 1.90 bits per heavy atom. The summed E-state index contributed by atoms with van der Waals surface area (Å²) in [5, 5.41) is 3.29. The van der Waals surface area contributed by atoms with Crippen LogP contribution in [0.3, 0.4) is 0 Å². The molecule has 2 nitrogen and oxygen atoms in total. The molecule has 1 aromatic heterocycles. The number of benzene rings is 1. The third-order valence-corrected chi connectivity index (χ3v) is 3.40. The molecule has 0 bridgehead atoms. The first-order chi connectivity index (χ1) is 9.82. The van der Waals surface area contributed by atoms with E-state index in [0.717, 1.165) is 23.0 Å². The molecular formula is C16H18F3NO. The Hall–Kier alpha value is -1.75. The number of hydrogen-bond acceptors (Lipinski definition) is 2. The second kappa shape index (κ2) is 5.93. The van der Waals surface area contributed by atoms with Crippen molar-refractivity contribution in [3.63, 3.8) is 0 Å². The fourth-order valence-corrected chi connectivity index (χ4v) is 2.40. The first kappa shape index (κ1) is 15.6. The summed E-state index contributed by atoms with van der Waals surface area (Å²) >= 11 is 0. The Kier molecular flexibility index (Phi) is 4.42. The second-order valence-corrected chi connectivity index (χ2v) is 5.05. The maximum absolute atomic E-state index is 12.7. The quantitative estimate of drug-likeness (QED) is 0.891. The summed E-state index contributed by atoms with van der Waals surface area (Å²) in [5.74, 6) is 0.775. The Labute approximate surface area is 122 Å². The van der Waals surface area contributed by atoms with Crippen LogP contribution in [0, 0.1) is 13.8 Å². The molecule has 5 heteroatoms. The van der Waals surface area contributed by atoms with Crippen molar-refractivity contribution in [2.24, 2.45) is 0 Å². The minimum Gasteiger partial charge on any atom is -0.469 e. The zero-order chi connectivity index (χ0) is 15.6. The van der Waals surface area contributed by atoms with E-state index in [1.807, 2.05) is 19.9 Å². The van der Waals surface area contributed by atoms with E-state index < -0.39 is 11.7 Å². The molecule has 0 aliphatic rings. The van der Waals surface area contributed by atoms with Gasteiger partial charge in [-0.15, -0.1) is 0 Å². The summed E-state index contributed by atoms with van der Waals surface area (Å²) in [6.45, 7) is 6.20. The molecule has 0 aliphatic heterocycles. The van der Waals surface area contributed by atoms with Gasteiger partial charge in [0.25, 0.3) is 0 Å². The zero-order valence-corrected chi connectivity index (χ0v) is 12.2. The van der Waals surface area contributed by atoms with E-state index in [9.17, 15) is 13.2 Å². The SMILES string of the molecule is CCNC(c1coc(C)c1)c1ccc(C(F)(F)F)cc1C. The van der Waals surface area contributed by atoms with Gasteiger partial charge in [-0.1, -0.05) is 13.0 Å². The topological polar surface area (TPSA) is 25.2 Å². The molecule has 2 rings (SSSR count). The van der Waals surface area contributed by atoms with Crippen molar-refractivity contribution in [3.05, 3.63) is 58.5 Å². The van der Waals surface area contributed by atoms with Crippen LogP contribution in [0.5, 0.6) is 0 Å². The normalized spacial score (nSPS) is 13.4. The fraction of sp³-hybridized carbons (Fsp3) is 0.375. The van der Waals surface area contributed by atoms with Crippen molar-refractivity contribution < 1.29 is 17.6 Å². The monoisotopic (exact) mass is 297 g/mol. The Morgan fingerprint density at radius 3 is 2.38 bits per heavy atom. The van der Waals surface area contributed by atoms with Crippen LogP contribution in [0.15, 0.2) is 34.9 Å². The fourth-order valence-electron chi connectivity index (χ4n) is 2.40. The minimum atomic E-state index is -4.32. The Morgan fingerprint density at radius 1 is 1.19 bits per heavy atom. The van der Waals surface area contributed by atoms with Crippen LogP contribution < -0.4 is 5.32 Å². The number of rotatable bonds is 4. The first-order valence-electron chi connectivity index (χ1n) is 6.79. The molecular weight excluding hydrogens is 279 g/mol. The molecule has 0 amide bonds.